The van der Waals surface area contributed by atoms with Gasteiger partial charge < -0.3 is 10.1 Å². The first-order valence-corrected chi connectivity index (χ1v) is 13.9. The van der Waals surface area contributed by atoms with Crippen LogP contribution in [0.4, 0.5) is 11.5 Å². The first-order valence-electron chi connectivity index (χ1n) is 11.7. The van der Waals surface area contributed by atoms with Gasteiger partial charge in [-0.15, -0.1) is 0 Å². The standard InChI is InChI=1S/C25H26Cl2N4O7S/c1-4-5-6-15-7-9-16(10-8-15)29-39(36,37)20-11-17(18(26)12-19(20)27)24(34)38-14-22(32)28-21-13-23(33)31(3)25(35)30(21)2/h7-13,29H,4-6,14H2,1-3H3,(H,28,32). The van der Waals surface area contributed by atoms with Gasteiger partial charge in [-0.25, -0.2) is 18.0 Å². The summed E-state index contributed by atoms with van der Waals surface area (Å²) in [6.45, 7) is 1.27. The van der Waals surface area contributed by atoms with Crippen LogP contribution < -0.4 is 21.3 Å². The van der Waals surface area contributed by atoms with E-state index in [0.717, 1.165) is 52.2 Å². The molecular formula is C25H26Cl2N4O7S. The Hall–Kier alpha value is -3.61. The molecule has 2 aromatic carbocycles. The number of aryl methyl sites for hydroxylation is 1. The maximum absolute atomic E-state index is 13.0. The van der Waals surface area contributed by atoms with Crippen molar-refractivity contribution in [1.82, 2.24) is 9.13 Å². The van der Waals surface area contributed by atoms with Crippen LogP contribution >= 0.6 is 23.2 Å². The van der Waals surface area contributed by atoms with Gasteiger partial charge in [0.15, 0.2) is 6.61 Å². The molecule has 0 unspecified atom stereocenters. The summed E-state index contributed by atoms with van der Waals surface area (Å²) >= 11 is 12.2. The molecule has 1 heterocycles. The van der Waals surface area contributed by atoms with Gasteiger partial charge in [0.2, 0.25) is 0 Å². The smallest absolute Gasteiger partial charge is 0.340 e. The van der Waals surface area contributed by atoms with Gasteiger partial charge in [-0.05, 0) is 42.7 Å². The van der Waals surface area contributed by atoms with Crippen molar-refractivity contribution >= 4 is 56.6 Å². The largest absolute Gasteiger partial charge is 0.452 e. The topological polar surface area (TPSA) is 146 Å². The van der Waals surface area contributed by atoms with E-state index in [9.17, 15) is 27.6 Å². The number of hydrogen-bond acceptors (Lipinski definition) is 7. The number of sulfonamides is 1. The number of esters is 1. The average Bonchev–Trinajstić information content (AvgIpc) is 2.88. The lowest BCUT2D eigenvalue weighted by Crippen LogP contribution is -2.38. The van der Waals surface area contributed by atoms with Crippen molar-refractivity contribution in [2.45, 2.75) is 31.1 Å². The van der Waals surface area contributed by atoms with Crippen LogP contribution in [-0.4, -0.2) is 36.0 Å². The van der Waals surface area contributed by atoms with E-state index in [0.29, 0.717) is 5.69 Å². The molecule has 39 heavy (non-hydrogen) atoms. The monoisotopic (exact) mass is 596 g/mol. The lowest BCUT2D eigenvalue weighted by molar-refractivity contribution is -0.119. The second-order valence-corrected chi connectivity index (χ2v) is 11.0. The first-order chi connectivity index (χ1) is 18.3. The van der Waals surface area contributed by atoms with Crippen LogP contribution in [0.25, 0.3) is 0 Å². The number of carbonyl (C=O) groups is 2. The highest BCUT2D eigenvalue weighted by atomic mass is 35.5. The van der Waals surface area contributed by atoms with Crippen LogP contribution in [0.5, 0.6) is 0 Å². The van der Waals surface area contributed by atoms with Crippen molar-refractivity contribution in [1.29, 1.82) is 0 Å². The predicted molar refractivity (Wildman–Crippen MR) is 148 cm³/mol. The van der Waals surface area contributed by atoms with Crippen molar-refractivity contribution in [3.63, 3.8) is 0 Å². The zero-order chi connectivity index (χ0) is 28.9. The van der Waals surface area contributed by atoms with Crippen molar-refractivity contribution in [3.8, 4) is 0 Å². The summed E-state index contributed by atoms with van der Waals surface area (Å²) in [6, 6.07) is 9.94. The highest BCUT2D eigenvalue weighted by Crippen LogP contribution is 2.30. The summed E-state index contributed by atoms with van der Waals surface area (Å²) in [5.41, 5.74) is -0.293. The molecule has 0 atom stereocenters. The molecule has 3 rings (SSSR count). The zero-order valence-corrected chi connectivity index (χ0v) is 23.6. The molecule has 1 aromatic heterocycles. The van der Waals surface area contributed by atoms with Crippen LogP contribution in [0, 0.1) is 0 Å². The minimum Gasteiger partial charge on any atom is -0.452 e. The van der Waals surface area contributed by atoms with E-state index in [1.54, 1.807) is 12.1 Å². The lowest BCUT2D eigenvalue weighted by atomic mass is 10.1. The van der Waals surface area contributed by atoms with E-state index in [-0.39, 0.29) is 21.4 Å². The summed E-state index contributed by atoms with van der Waals surface area (Å²) in [4.78, 5) is 48.3. The van der Waals surface area contributed by atoms with Crippen molar-refractivity contribution in [2.24, 2.45) is 14.1 Å². The maximum Gasteiger partial charge on any atom is 0.340 e. The zero-order valence-electron chi connectivity index (χ0n) is 21.3. The Morgan fingerprint density at radius 1 is 0.974 bits per heavy atom. The second-order valence-electron chi connectivity index (χ2n) is 8.56. The minimum atomic E-state index is -4.23. The Morgan fingerprint density at radius 2 is 1.64 bits per heavy atom. The number of amides is 1. The predicted octanol–water partition coefficient (Wildman–Crippen LogP) is 3.33. The molecule has 0 spiro atoms. The summed E-state index contributed by atoms with van der Waals surface area (Å²) in [6.07, 6.45) is 2.92. The molecule has 208 valence electrons. The summed E-state index contributed by atoms with van der Waals surface area (Å²) in [7, 11) is -1.61. The van der Waals surface area contributed by atoms with Crippen molar-refractivity contribution in [2.75, 3.05) is 16.6 Å². The number of aromatic nitrogens is 2. The fraction of sp³-hybridized carbons (Fsp3) is 0.280. The molecule has 0 aliphatic rings. The fourth-order valence-corrected chi connectivity index (χ4v) is 5.37. The van der Waals surface area contributed by atoms with E-state index in [4.69, 9.17) is 27.9 Å². The molecule has 0 radical (unpaired) electrons. The summed E-state index contributed by atoms with van der Waals surface area (Å²) < 4.78 is 35.3. The molecule has 0 saturated carbocycles. The van der Waals surface area contributed by atoms with Gasteiger partial charge in [0.1, 0.15) is 10.7 Å². The van der Waals surface area contributed by atoms with Crippen LogP contribution in [0.1, 0.15) is 35.7 Å². The number of unbranched alkanes of at least 4 members (excludes halogenated alkanes) is 1. The Labute approximate surface area is 234 Å². The Kier molecular flexibility index (Phi) is 9.59. The Balaban J connectivity index is 1.74. The third-order valence-electron chi connectivity index (χ3n) is 5.68. The van der Waals surface area contributed by atoms with Crippen molar-refractivity contribution < 1.29 is 22.7 Å². The van der Waals surface area contributed by atoms with Gasteiger partial charge in [-0.2, -0.15) is 0 Å². The van der Waals surface area contributed by atoms with Gasteiger partial charge in [-0.1, -0.05) is 48.7 Å². The number of anilines is 2. The maximum atomic E-state index is 13.0. The molecule has 0 saturated heterocycles. The number of halogens is 2. The quantitative estimate of drug-likeness (QED) is 0.341. The van der Waals surface area contributed by atoms with E-state index >= 15 is 0 Å². The van der Waals surface area contributed by atoms with Crippen molar-refractivity contribution in [3.05, 3.63) is 84.5 Å². The van der Waals surface area contributed by atoms with Crippen LogP contribution in [0.15, 0.2) is 56.9 Å². The number of nitrogens with zero attached hydrogens (tertiary/aromatic N) is 2. The van der Waals surface area contributed by atoms with Crippen LogP contribution in [0.2, 0.25) is 10.0 Å². The van der Waals surface area contributed by atoms with Gasteiger partial charge >= 0.3 is 11.7 Å². The summed E-state index contributed by atoms with van der Waals surface area (Å²) in [5.74, 6) is -2.05. The first kappa shape index (κ1) is 29.9. The number of rotatable bonds is 10. The highest BCUT2D eigenvalue weighted by Gasteiger charge is 2.24. The molecule has 0 aliphatic carbocycles. The van der Waals surface area contributed by atoms with Crippen LogP contribution in [0.3, 0.4) is 0 Å². The van der Waals surface area contributed by atoms with Gasteiger partial charge in [0.25, 0.3) is 21.5 Å². The Bertz CT molecular complexity index is 1630. The molecule has 11 nitrogen and oxygen atoms in total. The Morgan fingerprint density at radius 3 is 2.28 bits per heavy atom. The van der Waals surface area contributed by atoms with E-state index in [2.05, 4.69) is 17.0 Å². The number of nitrogens with one attached hydrogen (secondary N) is 2. The number of benzene rings is 2. The number of ether oxygens (including phenoxy) is 1. The van der Waals surface area contributed by atoms with E-state index < -0.39 is 44.7 Å². The van der Waals surface area contributed by atoms with E-state index in [1.165, 1.54) is 14.1 Å². The normalized spacial score (nSPS) is 11.2. The molecular weight excluding hydrogens is 571 g/mol. The molecule has 14 heteroatoms. The molecule has 1 amide bonds. The molecule has 3 aromatic rings. The second kappa shape index (κ2) is 12.5. The molecule has 0 aliphatic heterocycles. The molecule has 0 fully saturated rings. The number of carbonyl (C=O) groups excluding carboxylic acids is 2. The fourth-order valence-electron chi connectivity index (χ4n) is 3.46. The third-order valence-corrected chi connectivity index (χ3v) is 7.84. The summed E-state index contributed by atoms with van der Waals surface area (Å²) in [5, 5.41) is 1.88. The molecule has 0 bridgehead atoms. The van der Waals surface area contributed by atoms with Gasteiger partial charge in [-0.3, -0.25) is 23.4 Å². The van der Waals surface area contributed by atoms with E-state index in [1.807, 2.05) is 12.1 Å². The third kappa shape index (κ3) is 7.28. The minimum absolute atomic E-state index is 0.105. The van der Waals surface area contributed by atoms with Gasteiger partial charge in [0, 0.05) is 25.8 Å². The SMILES string of the molecule is CCCCc1ccc(NS(=O)(=O)c2cc(C(=O)OCC(=O)Nc3cc(=O)n(C)c(=O)n3C)c(Cl)cc2Cl)cc1. The lowest BCUT2D eigenvalue weighted by Gasteiger charge is -2.13. The average molecular weight is 597 g/mol. The van der Waals surface area contributed by atoms with Gasteiger partial charge in [0.05, 0.1) is 15.6 Å². The highest BCUT2D eigenvalue weighted by molar-refractivity contribution is 7.92. The van der Waals surface area contributed by atoms with Crippen LogP contribution in [-0.2, 0) is 40.1 Å². The molecule has 2 N–H and O–H groups in total. The number of hydrogen-bond donors (Lipinski definition) is 2.